The first-order chi connectivity index (χ1) is 7.04. The molecule has 90 valence electrons. The topological polar surface area (TPSA) is 42.5 Å². The zero-order valence-electron chi connectivity index (χ0n) is 10.3. The van der Waals surface area contributed by atoms with E-state index in [0.717, 1.165) is 13.1 Å². The van der Waals surface area contributed by atoms with Crippen LogP contribution in [0.5, 0.6) is 0 Å². The van der Waals surface area contributed by atoms with Crippen molar-refractivity contribution in [2.45, 2.75) is 33.0 Å². The van der Waals surface area contributed by atoms with E-state index >= 15 is 0 Å². The van der Waals surface area contributed by atoms with Gasteiger partial charge in [-0.3, -0.25) is 5.32 Å². The van der Waals surface area contributed by atoms with Gasteiger partial charge in [-0.1, -0.05) is 20.8 Å². The van der Waals surface area contributed by atoms with Gasteiger partial charge in [-0.05, 0) is 5.41 Å². The first-order valence-electron chi connectivity index (χ1n) is 5.61. The van der Waals surface area contributed by atoms with Crippen molar-refractivity contribution in [2.24, 2.45) is 5.41 Å². The molecule has 15 heavy (non-hydrogen) atoms. The molecule has 0 amide bonds. The Kier molecular flexibility index (Phi) is 4.99. The normalized spacial score (nSPS) is 28.0. The molecule has 0 aromatic carbocycles. The molecule has 0 aromatic heterocycles. The molecule has 1 rings (SSSR count). The highest BCUT2D eigenvalue weighted by Crippen LogP contribution is 2.20. The summed E-state index contributed by atoms with van der Waals surface area (Å²) in [6, 6.07) is 0.514. The fraction of sp³-hybridized carbons (Fsp3) is 1.00. The Morgan fingerprint density at radius 3 is 2.33 bits per heavy atom. The van der Waals surface area contributed by atoms with E-state index in [1.165, 1.54) is 0 Å². The van der Waals surface area contributed by atoms with Gasteiger partial charge in [0.2, 0.25) is 0 Å². The predicted molar refractivity (Wildman–Crippen MR) is 60.9 cm³/mol. The molecular formula is C11H24N2O2. The maximum atomic E-state index is 5.59. The summed E-state index contributed by atoms with van der Waals surface area (Å²) in [5, 5.41) is 6.90. The number of nitrogens with one attached hydrogen (secondary N) is 2. The minimum absolute atomic E-state index is 0.124. The van der Waals surface area contributed by atoms with E-state index in [-0.39, 0.29) is 6.23 Å². The third-order valence-electron chi connectivity index (χ3n) is 2.75. The monoisotopic (exact) mass is 216 g/mol. The van der Waals surface area contributed by atoms with Crippen LogP contribution in [0.2, 0.25) is 0 Å². The minimum Gasteiger partial charge on any atom is -0.382 e. The highest BCUT2D eigenvalue weighted by Gasteiger charge is 2.28. The second-order valence-electron chi connectivity index (χ2n) is 5.09. The van der Waals surface area contributed by atoms with Gasteiger partial charge < -0.3 is 14.8 Å². The highest BCUT2D eigenvalue weighted by molar-refractivity contribution is 4.87. The van der Waals surface area contributed by atoms with Crippen molar-refractivity contribution in [3.63, 3.8) is 0 Å². The van der Waals surface area contributed by atoms with Gasteiger partial charge in [0.1, 0.15) is 6.23 Å². The molecule has 4 nitrogen and oxygen atoms in total. The molecular weight excluding hydrogens is 192 g/mol. The molecule has 1 aliphatic rings. The summed E-state index contributed by atoms with van der Waals surface area (Å²) in [5.41, 5.74) is 0.296. The lowest BCUT2D eigenvalue weighted by Crippen LogP contribution is -2.59. The molecule has 0 saturated carbocycles. The Balaban J connectivity index is 2.18. The first kappa shape index (κ1) is 12.9. The van der Waals surface area contributed by atoms with E-state index in [1.54, 1.807) is 7.11 Å². The van der Waals surface area contributed by atoms with E-state index in [1.807, 2.05) is 0 Å². The fourth-order valence-electron chi connectivity index (χ4n) is 1.65. The van der Waals surface area contributed by atoms with Gasteiger partial charge >= 0.3 is 0 Å². The number of rotatable bonds is 4. The van der Waals surface area contributed by atoms with Crippen molar-refractivity contribution < 1.29 is 9.47 Å². The van der Waals surface area contributed by atoms with Gasteiger partial charge in [-0.25, -0.2) is 0 Å². The molecule has 2 N–H and O–H groups in total. The lowest BCUT2D eigenvalue weighted by Gasteiger charge is -2.38. The molecule has 2 atom stereocenters. The van der Waals surface area contributed by atoms with E-state index in [9.17, 15) is 0 Å². The number of piperazine rings is 1. The molecule has 0 aliphatic carbocycles. The summed E-state index contributed by atoms with van der Waals surface area (Å²) in [5.74, 6) is 0. The van der Waals surface area contributed by atoms with Gasteiger partial charge in [0, 0.05) is 26.2 Å². The quantitative estimate of drug-likeness (QED) is 0.675. The molecule has 0 radical (unpaired) electrons. The third-order valence-corrected chi connectivity index (χ3v) is 2.75. The van der Waals surface area contributed by atoms with Crippen LogP contribution in [0.25, 0.3) is 0 Å². The van der Waals surface area contributed by atoms with Crippen molar-refractivity contribution in [2.75, 3.05) is 33.4 Å². The Bertz CT molecular complexity index is 172. The van der Waals surface area contributed by atoms with Crippen LogP contribution in [-0.2, 0) is 9.47 Å². The van der Waals surface area contributed by atoms with E-state index in [0.29, 0.717) is 24.7 Å². The van der Waals surface area contributed by atoms with E-state index in [2.05, 4.69) is 31.4 Å². The second-order valence-corrected chi connectivity index (χ2v) is 5.09. The highest BCUT2D eigenvalue weighted by atomic mass is 16.5. The van der Waals surface area contributed by atoms with Gasteiger partial charge in [-0.2, -0.15) is 0 Å². The Morgan fingerprint density at radius 1 is 1.13 bits per heavy atom. The summed E-state index contributed by atoms with van der Waals surface area (Å²) in [7, 11) is 1.69. The van der Waals surface area contributed by atoms with Crippen molar-refractivity contribution in [3.05, 3.63) is 0 Å². The smallest absolute Gasteiger partial charge is 0.120 e. The fourth-order valence-corrected chi connectivity index (χ4v) is 1.65. The van der Waals surface area contributed by atoms with Crippen molar-refractivity contribution in [1.82, 2.24) is 10.6 Å². The Morgan fingerprint density at radius 2 is 1.87 bits per heavy atom. The number of hydrogen-bond donors (Lipinski definition) is 2. The van der Waals surface area contributed by atoms with E-state index in [4.69, 9.17) is 9.47 Å². The predicted octanol–water partition coefficient (Wildman–Crippen LogP) is 0.583. The molecule has 0 bridgehead atoms. The van der Waals surface area contributed by atoms with Crippen LogP contribution >= 0.6 is 0 Å². The Hall–Kier alpha value is -0.160. The van der Waals surface area contributed by atoms with Crippen LogP contribution in [0, 0.1) is 5.41 Å². The summed E-state index contributed by atoms with van der Waals surface area (Å²) in [6.07, 6.45) is 0.124. The lowest BCUT2D eigenvalue weighted by molar-refractivity contribution is -0.0174. The molecule has 0 aromatic rings. The summed E-state index contributed by atoms with van der Waals surface area (Å²) >= 11 is 0. The molecule has 4 heteroatoms. The van der Waals surface area contributed by atoms with Crippen molar-refractivity contribution in [3.8, 4) is 0 Å². The van der Waals surface area contributed by atoms with Crippen molar-refractivity contribution >= 4 is 0 Å². The maximum absolute atomic E-state index is 5.59. The van der Waals surface area contributed by atoms with Crippen LogP contribution in [0.3, 0.4) is 0 Å². The van der Waals surface area contributed by atoms with Gasteiger partial charge in [0.15, 0.2) is 0 Å². The minimum atomic E-state index is 0.124. The van der Waals surface area contributed by atoms with Gasteiger partial charge in [0.25, 0.3) is 0 Å². The first-order valence-corrected chi connectivity index (χ1v) is 5.61. The van der Waals surface area contributed by atoms with Crippen LogP contribution in [0.1, 0.15) is 20.8 Å². The molecule has 1 aliphatic heterocycles. The average Bonchev–Trinajstić information content (AvgIpc) is 2.18. The molecule has 0 spiro atoms. The molecule has 1 fully saturated rings. The average molecular weight is 216 g/mol. The van der Waals surface area contributed by atoms with Crippen LogP contribution < -0.4 is 10.6 Å². The van der Waals surface area contributed by atoms with Crippen molar-refractivity contribution in [1.29, 1.82) is 0 Å². The van der Waals surface area contributed by atoms with Gasteiger partial charge in [0.05, 0.1) is 13.2 Å². The SMILES string of the molecule is COCCOC1CNC(C(C)(C)C)CN1. The summed E-state index contributed by atoms with van der Waals surface area (Å²) < 4.78 is 10.5. The lowest BCUT2D eigenvalue weighted by atomic mass is 9.86. The standard InChI is InChI=1S/C11H24N2O2/c1-11(2,3)9-7-13-10(8-12-9)15-6-5-14-4/h9-10,12-13H,5-8H2,1-4H3. The largest absolute Gasteiger partial charge is 0.382 e. The summed E-state index contributed by atoms with van der Waals surface area (Å²) in [4.78, 5) is 0. The zero-order valence-corrected chi connectivity index (χ0v) is 10.3. The van der Waals surface area contributed by atoms with Crippen LogP contribution in [0.4, 0.5) is 0 Å². The van der Waals surface area contributed by atoms with Crippen LogP contribution in [0.15, 0.2) is 0 Å². The molecule has 1 heterocycles. The number of hydrogen-bond acceptors (Lipinski definition) is 4. The molecule has 2 unspecified atom stereocenters. The number of ether oxygens (including phenoxy) is 2. The van der Waals surface area contributed by atoms with Gasteiger partial charge in [-0.15, -0.1) is 0 Å². The summed E-state index contributed by atoms with van der Waals surface area (Å²) in [6.45, 7) is 9.87. The van der Waals surface area contributed by atoms with Crippen LogP contribution in [-0.4, -0.2) is 45.7 Å². The zero-order chi connectivity index (χ0) is 11.3. The van der Waals surface area contributed by atoms with E-state index < -0.39 is 0 Å². The Labute approximate surface area is 92.7 Å². The third kappa shape index (κ3) is 4.47. The maximum Gasteiger partial charge on any atom is 0.120 e. The number of methoxy groups -OCH3 is 1. The second kappa shape index (κ2) is 5.80. The molecule has 1 saturated heterocycles.